The van der Waals surface area contributed by atoms with Gasteiger partial charge in [-0.05, 0) is 61.0 Å². The van der Waals surface area contributed by atoms with E-state index in [-0.39, 0.29) is 0 Å². The number of nitrogens with zero attached hydrogens (tertiary/aromatic N) is 1. The maximum absolute atomic E-state index is 5.90. The van der Waals surface area contributed by atoms with Gasteiger partial charge in [0.25, 0.3) is 0 Å². The van der Waals surface area contributed by atoms with E-state index in [1.165, 1.54) is 11.1 Å². The molecule has 2 nitrogen and oxygen atoms in total. The minimum Gasteiger partial charge on any atom is -0.331 e. The van der Waals surface area contributed by atoms with Crippen LogP contribution in [0.5, 0.6) is 0 Å². The van der Waals surface area contributed by atoms with Gasteiger partial charge in [-0.1, -0.05) is 29.8 Å². The van der Waals surface area contributed by atoms with Gasteiger partial charge in [-0.15, -0.1) is 0 Å². The van der Waals surface area contributed by atoms with Gasteiger partial charge in [0.1, 0.15) is 0 Å². The predicted molar refractivity (Wildman–Crippen MR) is 87.0 cm³/mol. The molecule has 4 heteroatoms. The van der Waals surface area contributed by atoms with Gasteiger partial charge in [0.15, 0.2) is 4.77 Å². The van der Waals surface area contributed by atoms with Crippen LogP contribution in [-0.2, 0) is 13.0 Å². The van der Waals surface area contributed by atoms with Crippen LogP contribution in [0.25, 0.3) is 11.0 Å². The summed E-state index contributed by atoms with van der Waals surface area (Å²) in [6.45, 7) is 2.95. The Balaban J connectivity index is 1.89. The Morgan fingerprint density at radius 3 is 2.65 bits per heavy atom. The molecule has 0 fully saturated rings. The first-order chi connectivity index (χ1) is 9.63. The van der Waals surface area contributed by atoms with Crippen LogP contribution in [0.4, 0.5) is 0 Å². The number of benzene rings is 2. The minimum atomic E-state index is 0.771. The Morgan fingerprint density at radius 1 is 1.15 bits per heavy atom. The molecule has 0 aliphatic heterocycles. The molecule has 0 radical (unpaired) electrons. The summed E-state index contributed by atoms with van der Waals surface area (Å²) in [6, 6.07) is 14.3. The molecule has 1 N–H and O–H groups in total. The van der Waals surface area contributed by atoms with E-state index in [4.69, 9.17) is 23.8 Å². The number of rotatable bonds is 3. The molecule has 0 aliphatic rings. The van der Waals surface area contributed by atoms with E-state index in [9.17, 15) is 0 Å². The van der Waals surface area contributed by atoms with Gasteiger partial charge in [-0.2, -0.15) is 0 Å². The van der Waals surface area contributed by atoms with E-state index >= 15 is 0 Å². The van der Waals surface area contributed by atoms with Crippen LogP contribution in [0.3, 0.4) is 0 Å². The Bertz CT molecular complexity index is 799. The van der Waals surface area contributed by atoms with Crippen LogP contribution in [0.15, 0.2) is 42.5 Å². The molecule has 0 saturated carbocycles. The number of H-pyrrole nitrogens is 1. The van der Waals surface area contributed by atoms with Gasteiger partial charge >= 0.3 is 0 Å². The topological polar surface area (TPSA) is 20.7 Å². The SMILES string of the molecule is Cc1ccc2c(c1)[nH]c(=S)n2CCc1ccc(Cl)cc1. The second kappa shape index (κ2) is 5.43. The Kier molecular flexibility index (Phi) is 3.64. The molecule has 20 heavy (non-hydrogen) atoms. The van der Waals surface area contributed by atoms with Crippen molar-refractivity contribution in [2.45, 2.75) is 19.9 Å². The third kappa shape index (κ3) is 2.65. The van der Waals surface area contributed by atoms with Gasteiger partial charge in [0.05, 0.1) is 11.0 Å². The number of aryl methyl sites for hydroxylation is 3. The highest BCUT2D eigenvalue weighted by molar-refractivity contribution is 7.71. The summed E-state index contributed by atoms with van der Waals surface area (Å²) in [5.74, 6) is 0. The third-order valence-corrected chi connectivity index (χ3v) is 4.04. The highest BCUT2D eigenvalue weighted by Crippen LogP contribution is 2.17. The minimum absolute atomic E-state index is 0.771. The number of aromatic amines is 1. The molecule has 0 bridgehead atoms. The number of halogens is 1. The van der Waals surface area contributed by atoms with E-state index < -0.39 is 0 Å². The first-order valence-electron chi connectivity index (χ1n) is 6.57. The first-order valence-corrected chi connectivity index (χ1v) is 7.36. The predicted octanol–water partition coefficient (Wildman–Crippen LogP) is 4.90. The average molecular weight is 303 g/mol. The standard InChI is InChI=1S/C16H15ClN2S/c1-11-2-7-15-14(10-11)18-16(20)19(15)9-8-12-3-5-13(17)6-4-12/h2-7,10H,8-9H2,1H3,(H,18,20). The highest BCUT2D eigenvalue weighted by Gasteiger charge is 2.04. The lowest BCUT2D eigenvalue weighted by molar-refractivity contribution is 0.706. The normalized spacial score (nSPS) is 11.1. The van der Waals surface area contributed by atoms with Gasteiger partial charge < -0.3 is 9.55 Å². The van der Waals surface area contributed by atoms with Gasteiger partial charge in [-0.3, -0.25) is 0 Å². The Labute approximate surface area is 128 Å². The number of imidazole rings is 1. The van der Waals surface area contributed by atoms with Crippen LogP contribution < -0.4 is 0 Å². The van der Waals surface area contributed by atoms with Gasteiger partial charge in [0, 0.05) is 11.6 Å². The second-order valence-corrected chi connectivity index (χ2v) is 5.80. The summed E-state index contributed by atoms with van der Waals surface area (Å²) in [5.41, 5.74) is 4.76. The zero-order chi connectivity index (χ0) is 14.1. The maximum Gasteiger partial charge on any atom is 0.178 e. The molecule has 102 valence electrons. The zero-order valence-electron chi connectivity index (χ0n) is 11.2. The number of hydrogen-bond donors (Lipinski definition) is 1. The molecule has 3 rings (SSSR count). The van der Waals surface area contributed by atoms with E-state index in [0.29, 0.717) is 0 Å². The van der Waals surface area contributed by atoms with E-state index in [2.05, 4.69) is 46.8 Å². The molecule has 2 aromatic carbocycles. The summed E-state index contributed by atoms with van der Waals surface area (Å²) >= 11 is 11.3. The summed E-state index contributed by atoms with van der Waals surface area (Å²) < 4.78 is 2.93. The van der Waals surface area contributed by atoms with Gasteiger partial charge in [0.2, 0.25) is 0 Å². The van der Waals surface area contributed by atoms with Crippen molar-refractivity contribution in [3.8, 4) is 0 Å². The monoisotopic (exact) mass is 302 g/mol. The fourth-order valence-electron chi connectivity index (χ4n) is 2.39. The van der Waals surface area contributed by atoms with E-state index in [1.807, 2.05) is 12.1 Å². The van der Waals surface area contributed by atoms with E-state index in [1.54, 1.807) is 0 Å². The van der Waals surface area contributed by atoms with Crippen LogP contribution >= 0.6 is 23.8 Å². The van der Waals surface area contributed by atoms with Crippen LogP contribution in [0.2, 0.25) is 5.02 Å². The first kappa shape index (κ1) is 13.4. The molecular formula is C16H15ClN2S. The molecule has 3 aromatic rings. The molecule has 0 aliphatic carbocycles. The van der Waals surface area contributed by atoms with Crippen molar-refractivity contribution in [3.63, 3.8) is 0 Å². The Hall–Kier alpha value is -1.58. The Morgan fingerprint density at radius 2 is 1.90 bits per heavy atom. The fraction of sp³-hybridized carbons (Fsp3) is 0.188. The molecular weight excluding hydrogens is 288 g/mol. The molecule has 0 amide bonds. The number of nitrogens with one attached hydrogen (secondary N) is 1. The summed E-state index contributed by atoms with van der Waals surface area (Å²) in [6.07, 6.45) is 0.937. The summed E-state index contributed by atoms with van der Waals surface area (Å²) in [4.78, 5) is 3.27. The van der Waals surface area contributed by atoms with Crippen molar-refractivity contribution in [2.24, 2.45) is 0 Å². The lowest BCUT2D eigenvalue weighted by atomic mass is 10.1. The lowest BCUT2D eigenvalue weighted by Crippen LogP contribution is -2.01. The molecule has 1 heterocycles. The van der Waals surface area contributed by atoms with Crippen molar-refractivity contribution in [3.05, 3.63) is 63.4 Å². The number of aromatic nitrogens is 2. The maximum atomic E-state index is 5.90. The largest absolute Gasteiger partial charge is 0.331 e. The van der Waals surface area contributed by atoms with Crippen molar-refractivity contribution < 1.29 is 0 Å². The van der Waals surface area contributed by atoms with Crippen LogP contribution in [0.1, 0.15) is 11.1 Å². The van der Waals surface area contributed by atoms with Gasteiger partial charge in [-0.25, -0.2) is 0 Å². The van der Waals surface area contributed by atoms with Crippen molar-refractivity contribution in [2.75, 3.05) is 0 Å². The average Bonchev–Trinajstić information content (AvgIpc) is 2.73. The highest BCUT2D eigenvalue weighted by atomic mass is 35.5. The molecule has 0 unspecified atom stereocenters. The van der Waals surface area contributed by atoms with Crippen molar-refractivity contribution in [1.29, 1.82) is 0 Å². The molecule has 0 saturated heterocycles. The molecule has 0 spiro atoms. The van der Waals surface area contributed by atoms with Crippen LogP contribution in [-0.4, -0.2) is 9.55 Å². The lowest BCUT2D eigenvalue weighted by Gasteiger charge is -2.05. The quantitative estimate of drug-likeness (QED) is 0.682. The zero-order valence-corrected chi connectivity index (χ0v) is 12.8. The van der Waals surface area contributed by atoms with E-state index in [0.717, 1.165) is 33.8 Å². The van der Waals surface area contributed by atoms with Crippen LogP contribution in [0, 0.1) is 11.7 Å². The number of hydrogen-bond acceptors (Lipinski definition) is 1. The van der Waals surface area contributed by atoms with Crippen molar-refractivity contribution >= 4 is 34.9 Å². The molecule has 0 atom stereocenters. The summed E-state index contributed by atoms with van der Waals surface area (Å²) in [7, 11) is 0. The second-order valence-electron chi connectivity index (χ2n) is 4.98. The molecule has 1 aromatic heterocycles. The summed E-state index contributed by atoms with van der Waals surface area (Å²) in [5, 5.41) is 0.771. The third-order valence-electron chi connectivity index (χ3n) is 3.47. The fourth-order valence-corrected chi connectivity index (χ4v) is 2.82. The smallest absolute Gasteiger partial charge is 0.178 e. The van der Waals surface area contributed by atoms with Crippen molar-refractivity contribution in [1.82, 2.24) is 9.55 Å². The number of fused-ring (bicyclic) bond motifs is 1.